The Morgan fingerprint density at radius 1 is 1.38 bits per heavy atom. The summed E-state index contributed by atoms with van der Waals surface area (Å²) < 4.78 is 18.2. The molecule has 2 aromatic rings. The summed E-state index contributed by atoms with van der Waals surface area (Å²) in [6.45, 7) is 9.88. The highest BCUT2D eigenvalue weighted by Crippen LogP contribution is 2.37. The molecule has 5 nitrogen and oxygen atoms in total. The number of hydrogen-bond acceptors (Lipinski definition) is 5. The van der Waals surface area contributed by atoms with E-state index in [0.29, 0.717) is 11.5 Å². The average Bonchev–Trinajstić information content (AvgIpc) is 2.96. The fourth-order valence-corrected chi connectivity index (χ4v) is 4.84. The molecule has 4 atom stereocenters. The number of aryl methyl sites for hydroxylation is 1. The molecule has 0 aromatic heterocycles. The molecular weight excluding hydrogens is 444 g/mol. The van der Waals surface area contributed by atoms with E-state index in [4.69, 9.17) is 21.5 Å². The summed E-state index contributed by atoms with van der Waals surface area (Å²) in [6.07, 6.45) is 3.79. The quantitative estimate of drug-likeness (QED) is 0.400. The highest BCUT2D eigenvalue weighted by Gasteiger charge is 2.28. The fourth-order valence-electron chi connectivity index (χ4n) is 4.22. The van der Waals surface area contributed by atoms with E-state index in [1.807, 2.05) is 25.1 Å². The van der Waals surface area contributed by atoms with E-state index < -0.39 is 17.5 Å². The monoisotopic (exact) mass is 476 g/mol. The summed E-state index contributed by atoms with van der Waals surface area (Å²) in [4.78, 5) is 2.83. The van der Waals surface area contributed by atoms with Crippen molar-refractivity contribution in [2.24, 2.45) is 11.1 Å². The molecule has 0 bridgehead atoms. The Kier molecular flexibility index (Phi) is 8.91. The lowest BCUT2D eigenvalue weighted by atomic mass is 9.91. The van der Waals surface area contributed by atoms with E-state index in [-0.39, 0.29) is 11.8 Å². The second kappa shape index (κ2) is 11.4. The van der Waals surface area contributed by atoms with Gasteiger partial charge in [-0.15, -0.1) is 11.7 Å². The lowest BCUT2D eigenvalue weighted by Crippen LogP contribution is -2.32. The van der Waals surface area contributed by atoms with Crippen LogP contribution in [0, 0.1) is 5.92 Å². The minimum atomic E-state index is -1.57. The van der Waals surface area contributed by atoms with Gasteiger partial charge in [-0.05, 0) is 54.2 Å². The van der Waals surface area contributed by atoms with E-state index in [0.717, 1.165) is 48.8 Å². The van der Waals surface area contributed by atoms with Gasteiger partial charge < -0.3 is 19.3 Å². The normalized spacial score (nSPS) is 18.8. The lowest BCUT2D eigenvalue weighted by Gasteiger charge is -2.29. The Hall–Kier alpha value is -1.70. The zero-order valence-corrected chi connectivity index (χ0v) is 20.4. The number of anilines is 1. The van der Waals surface area contributed by atoms with Crippen LogP contribution in [0.25, 0.3) is 0 Å². The molecule has 174 valence electrons. The number of ether oxygens (including phenoxy) is 1. The molecule has 3 rings (SSSR count). The van der Waals surface area contributed by atoms with Gasteiger partial charge in [-0.25, -0.2) is 0 Å². The van der Waals surface area contributed by atoms with Crippen LogP contribution in [0.2, 0.25) is 5.02 Å². The highest BCUT2D eigenvalue weighted by molar-refractivity contribution is 7.89. The number of rotatable bonds is 9. The zero-order valence-electron chi connectivity index (χ0n) is 18.8. The Balaban J connectivity index is 1.94. The number of aliphatic hydroxyl groups is 1. The second-order valence-corrected chi connectivity index (χ2v) is 9.97. The van der Waals surface area contributed by atoms with Gasteiger partial charge >= 0.3 is 0 Å². The summed E-state index contributed by atoms with van der Waals surface area (Å²) >= 11 is 4.71. The van der Waals surface area contributed by atoms with Crippen LogP contribution in [0.3, 0.4) is 0 Å². The SMILES string of the molecule is C=CC(O)C(C)CCN1CC(c2ccc(Cl)cc2CCC)COc2ccc([S+](N)[O-])cc21. The van der Waals surface area contributed by atoms with Crippen molar-refractivity contribution in [1.82, 2.24) is 0 Å². The third kappa shape index (κ3) is 6.00. The maximum atomic E-state index is 11.9. The van der Waals surface area contributed by atoms with Gasteiger partial charge in [0, 0.05) is 30.1 Å². The van der Waals surface area contributed by atoms with Crippen molar-refractivity contribution in [3.8, 4) is 5.75 Å². The number of halogens is 1. The van der Waals surface area contributed by atoms with Crippen LogP contribution in [0.5, 0.6) is 5.75 Å². The van der Waals surface area contributed by atoms with Crippen LogP contribution in [-0.4, -0.2) is 35.5 Å². The molecule has 2 aromatic carbocycles. The maximum absolute atomic E-state index is 11.9. The fraction of sp³-hybridized carbons (Fsp3) is 0.440. The molecule has 0 radical (unpaired) electrons. The summed E-state index contributed by atoms with van der Waals surface area (Å²) in [6, 6.07) is 11.6. The number of benzene rings is 2. The van der Waals surface area contributed by atoms with Crippen molar-refractivity contribution in [3.05, 3.63) is 65.2 Å². The molecule has 32 heavy (non-hydrogen) atoms. The lowest BCUT2D eigenvalue weighted by molar-refractivity contribution is 0.158. The summed E-state index contributed by atoms with van der Waals surface area (Å²) in [5.74, 6) is 0.967. The van der Waals surface area contributed by atoms with Crippen LogP contribution in [0.15, 0.2) is 53.9 Å². The Morgan fingerprint density at radius 3 is 2.84 bits per heavy atom. The molecule has 7 heteroatoms. The molecule has 0 fully saturated rings. The molecule has 0 spiro atoms. The van der Waals surface area contributed by atoms with E-state index in [1.165, 1.54) is 11.1 Å². The molecule has 0 amide bonds. The predicted molar refractivity (Wildman–Crippen MR) is 133 cm³/mol. The Bertz CT molecular complexity index is 924. The zero-order chi connectivity index (χ0) is 23.3. The molecule has 0 aliphatic carbocycles. The number of aliphatic hydroxyl groups excluding tert-OH is 1. The van der Waals surface area contributed by atoms with Crippen LogP contribution in [0.4, 0.5) is 5.69 Å². The molecular formula is C25H33ClN2O3S. The van der Waals surface area contributed by atoms with Crippen molar-refractivity contribution >= 4 is 28.7 Å². The van der Waals surface area contributed by atoms with Gasteiger partial charge in [-0.3, -0.25) is 0 Å². The molecule has 1 aliphatic heterocycles. The first kappa shape index (κ1) is 24.9. The summed E-state index contributed by atoms with van der Waals surface area (Å²) in [7, 11) is 0. The van der Waals surface area contributed by atoms with E-state index in [2.05, 4.69) is 30.5 Å². The average molecular weight is 477 g/mol. The van der Waals surface area contributed by atoms with Crippen molar-refractivity contribution in [3.63, 3.8) is 0 Å². The Labute approximate surface area is 199 Å². The van der Waals surface area contributed by atoms with Gasteiger partial charge in [0.2, 0.25) is 0 Å². The van der Waals surface area contributed by atoms with Crippen LogP contribution < -0.4 is 14.8 Å². The first-order valence-electron chi connectivity index (χ1n) is 11.1. The van der Waals surface area contributed by atoms with Crippen LogP contribution >= 0.6 is 11.6 Å². The third-order valence-electron chi connectivity index (χ3n) is 6.13. The minimum absolute atomic E-state index is 0.0663. The molecule has 4 unspecified atom stereocenters. The Morgan fingerprint density at radius 2 is 2.16 bits per heavy atom. The van der Waals surface area contributed by atoms with Gasteiger partial charge in [0.1, 0.15) is 5.75 Å². The van der Waals surface area contributed by atoms with Crippen LogP contribution in [0.1, 0.15) is 43.7 Å². The van der Waals surface area contributed by atoms with Gasteiger partial charge in [0.25, 0.3) is 0 Å². The second-order valence-electron chi connectivity index (χ2n) is 8.47. The first-order valence-corrected chi connectivity index (χ1v) is 12.7. The van der Waals surface area contributed by atoms with Crippen molar-refractivity contribution in [2.75, 3.05) is 24.6 Å². The molecule has 1 heterocycles. The molecule has 0 saturated heterocycles. The maximum Gasteiger partial charge on any atom is 0.176 e. The molecule has 0 saturated carbocycles. The number of nitrogens with two attached hydrogens (primary N) is 1. The van der Waals surface area contributed by atoms with E-state index >= 15 is 0 Å². The van der Waals surface area contributed by atoms with Gasteiger partial charge in [0.05, 0.1) is 29.8 Å². The standard InChI is InChI=1S/C25H33ClN2O3S/c1-4-6-18-13-20(26)7-9-22(18)19-15-28(12-11-17(3)24(29)5-2)23-14-21(32(27)30)8-10-25(23)31-16-19/h5,7-10,13-14,17,19,24,29H,2,4,6,11-12,15-16,27H2,1,3H3. The van der Waals surface area contributed by atoms with E-state index in [9.17, 15) is 9.66 Å². The first-order chi connectivity index (χ1) is 15.3. The third-order valence-corrected chi connectivity index (χ3v) is 7.08. The number of fused-ring (bicyclic) bond motifs is 1. The summed E-state index contributed by atoms with van der Waals surface area (Å²) in [5.41, 5.74) is 3.38. The predicted octanol–water partition coefficient (Wildman–Crippen LogP) is 4.83. The molecule has 3 N–H and O–H groups in total. The van der Waals surface area contributed by atoms with E-state index in [1.54, 1.807) is 12.1 Å². The van der Waals surface area contributed by atoms with Gasteiger partial charge in [-0.2, -0.15) is 0 Å². The van der Waals surface area contributed by atoms with Crippen LogP contribution in [-0.2, 0) is 17.8 Å². The topological polar surface area (TPSA) is 81.8 Å². The number of nitrogens with zero attached hydrogens (tertiary/aromatic N) is 1. The molecule has 1 aliphatic rings. The van der Waals surface area contributed by atoms with Gasteiger partial charge in [0.15, 0.2) is 4.90 Å². The van der Waals surface area contributed by atoms with Gasteiger partial charge in [-0.1, -0.05) is 44.0 Å². The van der Waals surface area contributed by atoms with Crippen molar-refractivity contribution < 1.29 is 14.4 Å². The number of hydrogen-bond donors (Lipinski definition) is 2. The van der Waals surface area contributed by atoms with Crippen molar-refractivity contribution in [2.45, 2.75) is 50.0 Å². The highest BCUT2D eigenvalue weighted by atomic mass is 35.5. The van der Waals surface area contributed by atoms with Crippen molar-refractivity contribution in [1.29, 1.82) is 0 Å². The smallest absolute Gasteiger partial charge is 0.176 e. The minimum Gasteiger partial charge on any atom is -0.593 e. The summed E-state index contributed by atoms with van der Waals surface area (Å²) in [5, 5.41) is 16.5. The largest absolute Gasteiger partial charge is 0.593 e.